The van der Waals surface area contributed by atoms with Crippen LogP contribution in [0.25, 0.3) is 11.3 Å². The minimum Gasteiger partial charge on any atom is -0.440 e. The number of oxazole rings is 1. The number of thioether (sulfide) groups is 1. The first-order chi connectivity index (χ1) is 12.6. The van der Waals surface area contributed by atoms with Crippen molar-refractivity contribution < 1.29 is 9.21 Å². The number of likely N-dealkylation sites (tertiary alicyclic amines) is 1. The van der Waals surface area contributed by atoms with Gasteiger partial charge in [0.05, 0.1) is 17.2 Å². The maximum atomic E-state index is 12.7. The molecule has 1 aliphatic heterocycles. The van der Waals surface area contributed by atoms with Crippen LogP contribution in [-0.2, 0) is 10.5 Å². The summed E-state index contributed by atoms with van der Waals surface area (Å²) in [6, 6.07) is 7.62. The lowest BCUT2D eigenvalue weighted by Crippen LogP contribution is -2.49. The average molecular weight is 394 g/mol. The Hall–Kier alpha value is -1.50. The summed E-state index contributed by atoms with van der Waals surface area (Å²) in [6.07, 6.45) is 4.92. The highest BCUT2D eigenvalue weighted by Crippen LogP contribution is 2.26. The van der Waals surface area contributed by atoms with Crippen LogP contribution >= 0.6 is 23.4 Å². The lowest BCUT2D eigenvalue weighted by atomic mass is 10.0. The lowest BCUT2D eigenvalue weighted by Gasteiger charge is -2.36. The number of carbonyl (C=O) groups excluding carboxylic acids is 1. The summed E-state index contributed by atoms with van der Waals surface area (Å²) in [7, 11) is 0. The number of nitrogens with two attached hydrogens (primary N) is 1. The molecule has 7 heteroatoms. The summed E-state index contributed by atoms with van der Waals surface area (Å²) in [5.41, 5.74) is 6.76. The third-order valence-electron chi connectivity index (χ3n) is 4.67. The SMILES string of the molecule is CC(SCc1ncc(-c2ccc(Cl)cc2)o1)C(=O)N1CCCCC1CN. The van der Waals surface area contributed by atoms with Gasteiger partial charge in [-0.3, -0.25) is 4.79 Å². The highest BCUT2D eigenvalue weighted by Gasteiger charge is 2.29. The summed E-state index contributed by atoms with van der Waals surface area (Å²) >= 11 is 7.46. The van der Waals surface area contributed by atoms with Gasteiger partial charge in [0.15, 0.2) is 5.76 Å². The van der Waals surface area contributed by atoms with Crippen molar-refractivity contribution in [3.8, 4) is 11.3 Å². The van der Waals surface area contributed by atoms with Crippen molar-refractivity contribution in [3.05, 3.63) is 41.4 Å². The standard InChI is InChI=1S/C19H24ClN3O2S/c1-13(19(24)23-9-3-2-4-16(23)10-21)26-12-18-22-11-17(25-18)14-5-7-15(20)8-6-14/h5-8,11,13,16H,2-4,9-10,12,21H2,1H3. The predicted molar refractivity (Wildman–Crippen MR) is 106 cm³/mol. The van der Waals surface area contributed by atoms with E-state index in [1.54, 1.807) is 18.0 Å². The van der Waals surface area contributed by atoms with E-state index in [4.69, 9.17) is 21.8 Å². The van der Waals surface area contributed by atoms with Crippen molar-refractivity contribution >= 4 is 29.3 Å². The van der Waals surface area contributed by atoms with Crippen molar-refractivity contribution in [2.45, 2.75) is 43.2 Å². The number of nitrogens with zero attached hydrogens (tertiary/aromatic N) is 2. The van der Waals surface area contributed by atoms with Crippen LogP contribution in [0.3, 0.4) is 0 Å². The normalized spacial score (nSPS) is 18.7. The number of halogens is 1. The van der Waals surface area contributed by atoms with E-state index in [0.717, 1.165) is 31.4 Å². The van der Waals surface area contributed by atoms with E-state index in [2.05, 4.69) is 4.98 Å². The summed E-state index contributed by atoms with van der Waals surface area (Å²) in [6.45, 7) is 3.29. The Bertz CT molecular complexity index is 735. The number of hydrogen-bond donors (Lipinski definition) is 1. The third-order valence-corrected chi connectivity index (χ3v) is 6.04. The molecule has 0 aliphatic carbocycles. The van der Waals surface area contributed by atoms with Crippen molar-refractivity contribution in [2.24, 2.45) is 5.73 Å². The summed E-state index contributed by atoms with van der Waals surface area (Å²) in [5, 5.41) is 0.540. The van der Waals surface area contributed by atoms with Gasteiger partial charge in [-0.05, 0) is 50.5 Å². The molecule has 0 radical (unpaired) electrons. The van der Waals surface area contributed by atoms with Gasteiger partial charge in [0.2, 0.25) is 11.8 Å². The van der Waals surface area contributed by atoms with E-state index in [1.807, 2.05) is 36.1 Å². The molecule has 1 aromatic carbocycles. The fraction of sp³-hybridized carbons (Fsp3) is 0.474. The molecule has 1 aromatic heterocycles. The fourth-order valence-electron chi connectivity index (χ4n) is 3.16. The number of aromatic nitrogens is 1. The molecule has 2 N–H and O–H groups in total. The second kappa shape index (κ2) is 8.93. The Labute approximate surface area is 163 Å². The van der Waals surface area contributed by atoms with Crippen LogP contribution in [-0.4, -0.2) is 40.2 Å². The van der Waals surface area contributed by atoms with Gasteiger partial charge in [-0.2, -0.15) is 0 Å². The Kier molecular flexibility index (Phi) is 6.62. The molecule has 1 aliphatic rings. The third kappa shape index (κ3) is 4.61. The molecular weight excluding hydrogens is 370 g/mol. The molecule has 2 atom stereocenters. The van der Waals surface area contributed by atoms with Crippen molar-refractivity contribution in [2.75, 3.05) is 13.1 Å². The molecule has 2 heterocycles. The van der Waals surface area contributed by atoms with Gasteiger partial charge in [0.25, 0.3) is 0 Å². The van der Waals surface area contributed by atoms with Gasteiger partial charge < -0.3 is 15.1 Å². The van der Waals surface area contributed by atoms with E-state index in [0.29, 0.717) is 29.0 Å². The number of benzene rings is 1. The van der Waals surface area contributed by atoms with Crippen molar-refractivity contribution in [1.82, 2.24) is 9.88 Å². The quantitative estimate of drug-likeness (QED) is 0.804. The number of carbonyl (C=O) groups is 1. The van der Waals surface area contributed by atoms with Crippen LogP contribution in [0.5, 0.6) is 0 Å². The monoisotopic (exact) mass is 393 g/mol. The number of hydrogen-bond acceptors (Lipinski definition) is 5. The zero-order chi connectivity index (χ0) is 18.5. The maximum Gasteiger partial charge on any atom is 0.235 e. The smallest absolute Gasteiger partial charge is 0.235 e. The molecule has 26 heavy (non-hydrogen) atoms. The zero-order valence-corrected chi connectivity index (χ0v) is 16.4. The highest BCUT2D eigenvalue weighted by molar-refractivity contribution is 7.99. The molecule has 1 amide bonds. The Morgan fingerprint density at radius 2 is 2.19 bits per heavy atom. The zero-order valence-electron chi connectivity index (χ0n) is 14.9. The Balaban J connectivity index is 1.56. The topological polar surface area (TPSA) is 72.4 Å². The first-order valence-electron chi connectivity index (χ1n) is 8.91. The maximum absolute atomic E-state index is 12.7. The van der Waals surface area contributed by atoms with Crippen LogP contribution in [0.4, 0.5) is 0 Å². The van der Waals surface area contributed by atoms with Gasteiger partial charge in [0.1, 0.15) is 0 Å². The largest absolute Gasteiger partial charge is 0.440 e. The molecule has 0 bridgehead atoms. The second-order valence-corrected chi connectivity index (χ2v) is 8.26. The van der Waals surface area contributed by atoms with Gasteiger partial charge >= 0.3 is 0 Å². The minimum absolute atomic E-state index is 0.145. The van der Waals surface area contributed by atoms with E-state index in [-0.39, 0.29) is 17.2 Å². The van der Waals surface area contributed by atoms with E-state index in [9.17, 15) is 4.79 Å². The summed E-state index contributed by atoms with van der Waals surface area (Å²) in [4.78, 5) is 19.0. The Morgan fingerprint density at radius 1 is 1.42 bits per heavy atom. The first-order valence-corrected chi connectivity index (χ1v) is 10.3. The van der Waals surface area contributed by atoms with E-state index in [1.165, 1.54) is 0 Å². The molecule has 140 valence electrons. The molecule has 1 saturated heterocycles. The van der Waals surface area contributed by atoms with Crippen molar-refractivity contribution in [1.29, 1.82) is 0 Å². The lowest BCUT2D eigenvalue weighted by molar-refractivity contribution is -0.133. The molecule has 0 spiro atoms. The molecular formula is C19H24ClN3O2S. The van der Waals surface area contributed by atoms with Gasteiger partial charge in [-0.1, -0.05) is 11.6 Å². The van der Waals surface area contributed by atoms with Crippen LogP contribution in [0.2, 0.25) is 5.02 Å². The van der Waals surface area contributed by atoms with Gasteiger partial charge in [0, 0.05) is 29.7 Å². The molecule has 3 rings (SSSR count). The number of amides is 1. The van der Waals surface area contributed by atoms with E-state index < -0.39 is 0 Å². The van der Waals surface area contributed by atoms with Crippen LogP contribution < -0.4 is 5.73 Å². The molecule has 2 unspecified atom stereocenters. The van der Waals surface area contributed by atoms with Gasteiger partial charge in [-0.25, -0.2) is 4.98 Å². The van der Waals surface area contributed by atoms with Gasteiger partial charge in [-0.15, -0.1) is 11.8 Å². The number of rotatable bonds is 6. The molecule has 2 aromatic rings. The predicted octanol–water partition coefficient (Wildman–Crippen LogP) is 3.96. The van der Waals surface area contributed by atoms with E-state index >= 15 is 0 Å². The summed E-state index contributed by atoms with van der Waals surface area (Å²) in [5.74, 6) is 2.04. The number of piperidine rings is 1. The highest BCUT2D eigenvalue weighted by atomic mass is 35.5. The second-order valence-electron chi connectivity index (χ2n) is 6.50. The van der Waals surface area contributed by atoms with Crippen LogP contribution in [0.1, 0.15) is 32.1 Å². The molecule has 5 nitrogen and oxygen atoms in total. The Morgan fingerprint density at radius 3 is 2.92 bits per heavy atom. The average Bonchev–Trinajstić information content (AvgIpc) is 3.15. The molecule has 1 fully saturated rings. The van der Waals surface area contributed by atoms with Crippen LogP contribution in [0.15, 0.2) is 34.9 Å². The van der Waals surface area contributed by atoms with Crippen molar-refractivity contribution in [3.63, 3.8) is 0 Å². The summed E-state index contributed by atoms with van der Waals surface area (Å²) < 4.78 is 5.81. The molecule has 0 saturated carbocycles. The minimum atomic E-state index is -0.145. The fourth-order valence-corrected chi connectivity index (χ4v) is 4.09. The van der Waals surface area contributed by atoms with Crippen LogP contribution in [0, 0.1) is 0 Å². The first kappa shape index (κ1) is 19.3.